The van der Waals surface area contributed by atoms with Gasteiger partial charge in [0, 0.05) is 32.2 Å². The largest absolute Gasteiger partial charge is 0.357 e. The number of hydrogen-bond donors (Lipinski definition) is 0. The molecule has 0 saturated carbocycles. The number of piperidine rings is 1. The summed E-state index contributed by atoms with van der Waals surface area (Å²) in [5.41, 5.74) is 1.20. The van der Waals surface area contributed by atoms with E-state index >= 15 is 0 Å². The summed E-state index contributed by atoms with van der Waals surface area (Å²) in [6.07, 6.45) is 4.86. The van der Waals surface area contributed by atoms with Gasteiger partial charge < -0.3 is 4.90 Å². The normalized spacial score (nSPS) is 23.0. The molecule has 0 radical (unpaired) electrons. The number of unbranched alkanes of at least 4 members (excludes halogenated alkanes) is 1. The van der Waals surface area contributed by atoms with Crippen LogP contribution >= 0.6 is 24.0 Å². The third-order valence-electron chi connectivity index (χ3n) is 6.02. The number of carbonyl (C=O) groups excluding carboxylic acids is 1. The van der Waals surface area contributed by atoms with Crippen molar-refractivity contribution in [3.63, 3.8) is 0 Å². The maximum Gasteiger partial charge on any atom is 0.270 e. The molecule has 2 fully saturated rings. The molecule has 3 rings (SSSR count). The molecule has 2 saturated heterocycles. The lowest BCUT2D eigenvalue weighted by atomic mass is 9.91. The predicted molar refractivity (Wildman–Crippen MR) is 131 cm³/mol. The third kappa shape index (κ3) is 4.58. The minimum Gasteiger partial charge on any atom is -0.357 e. The van der Waals surface area contributed by atoms with Gasteiger partial charge >= 0.3 is 0 Å². The van der Waals surface area contributed by atoms with Gasteiger partial charge in [-0.05, 0) is 43.2 Å². The predicted octanol–water partition coefficient (Wildman–Crippen LogP) is 4.05. The molecule has 6 nitrogen and oxygen atoms in total. The first-order valence-electron chi connectivity index (χ1n) is 10.8. The van der Waals surface area contributed by atoms with Crippen LogP contribution < -0.4 is 10.5 Å². The van der Waals surface area contributed by atoms with E-state index in [1.54, 1.807) is 23.4 Å². The fourth-order valence-electron chi connectivity index (χ4n) is 4.57. The Labute approximate surface area is 193 Å². The van der Waals surface area contributed by atoms with Crippen LogP contribution in [0.3, 0.4) is 0 Å². The van der Waals surface area contributed by atoms with Gasteiger partial charge in [0.1, 0.15) is 21.8 Å². The molecular formula is C23H30N4O2S2. The van der Waals surface area contributed by atoms with Crippen molar-refractivity contribution in [3.05, 3.63) is 31.9 Å². The smallest absolute Gasteiger partial charge is 0.270 e. The fourth-order valence-corrected chi connectivity index (χ4v) is 5.86. The van der Waals surface area contributed by atoms with Gasteiger partial charge in [0.25, 0.3) is 11.5 Å². The molecule has 1 aromatic rings. The fraction of sp³-hybridized carbons (Fsp3) is 0.565. The van der Waals surface area contributed by atoms with Crippen LogP contribution in [-0.2, 0) is 11.8 Å². The summed E-state index contributed by atoms with van der Waals surface area (Å²) in [5.74, 6) is 1.67. The van der Waals surface area contributed by atoms with Gasteiger partial charge in [-0.2, -0.15) is 5.26 Å². The van der Waals surface area contributed by atoms with Crippen molar-refractivity contribution in [3.8, 4) is 6.07 Å². The second-order valence-corrected chi connectivity index (χ2v) is 10.4. The van der Waals surface area contributed by atoms with Crippen LogP contribution in [-0.4, -0.2) is 39.3 Å². The summed E-state index contributed by atoms with van der Waals surface area (Å²) >= 11 is 6.75. The molecule has 2 aliphatic heterocycles. The standard InChI is InChI=1S/C23H30N4O2S2/c1-6-7-8-27-22(29)19(31-23(27)30)10-17-16(4)18(11-24)21(28)25(5)20(17)26-12-14(2)9-15(3)13-26/h10,14-15H,6-9,12-13H2,1-5H3/b19-10+. The molecule has 3 heterocycles. The van der Waals surface area contributed by atoms with Gasteiger partial charge in [0.05, 0.1) is 4.91 Å². The Morgan fingerprint density at radius 3 is 2.48 bits per heavy atom. The molecule has 0 spiro atoms. The number of carbonyl (C=O) groups is 1. The highest BCUT2D eigenvalue weighted by atomic mass is 32.2. The van der Waals surface area contributed by atoms with Crippen LogP contribution in [0.4, 0.5) is 5.82 Å². The number of amides is 1. The summed E-state index contributed by atoms with van der Waals surface area (Å²) in [6.45, 7) is 10.6. The van der Waals surface area contributed by atoms with Crippen LogP contribution in [0, 0.1) is 30.1 Å². The Hall–Kier alpha value is -2.11. The number of aromatic nitrogens is 1. The van der Waals surface area contributed by atoms with Crippen molar-refractivity contribution in [2.45, 2.75) is 47.0 Å². The lowest BCUT2D eigenvalue weighted by Crippen LogP contribution is -2.42. The van der Waals surface area contributed by atoms with Crippen LogP contribution in [0.2, 0.25) is 0 Å². The molecule has 0 bridgehead atoms. The second kappa shape index (κ2) is 9.58. The quantitative estimate of drug-likeness (QED) is 0.490. The Morgan fingerprint density at radius 1 is 1.26 bits per heavy atom. The van der Waals surface area contributed by atoms with Crippen LogP contribution in [0.5, 0.6) is 0 Å². The van der Waals surface area contributed by atoms with Crippen molar-refractivity contribution in [1.29, 1.82) is 5.26 Å². The number of nitriles is 1. The topological polar surface area (TPSA) is 69.3 Å². The minimum atomic E-state index is -0.298. The Kier molecular flexibility index (Phi) is 7.28. The van der Waals surface area contributed by atoms with Crippen molar-refractivity contribution in [1.82, 2.24) is 9.47 Å². The molecule has 2 unspecified atom stereocenters. The molecule has 166 valence electrons. The third-order valence-corrected chi connectivity index (χ3v) is 7.40. The van der Waals surface area contributed by atoms with Crippen molar-refractivity contribution in [2.75, 3.05) is 24.5 Å². The van der Waals surface area contributed by atoms with Crippen molar-refractivity contribution in [2.24, 2.45) is 18.9 Å². The summed E-state index contributed by atoms with van der Waals surface area (Å²) in [5, 5.41) is 9.63. The highest BCUT2D eigenvalue weighted by Crippen LogP contribution is 2.37. The van der Waals surface area contributed by atoms with Crippen LogP contribution in [0.25, 0.3) is 6.08 Å². The first-order valence-corrected chi connectivity index (χ1v) is 12.1. The number of nitrogens with zero attached hydrogens (tertiary/aromatic N) is 4. The molecule has 2 atom stereocenters. The summed E-state index contributed by atoms with van der Waals surface area (Å²) in [4.78, 5) is 30.4. The Bertz CT molecular complexity index is 1030. The number of hydrogen-bond acceptors (Lipinski definition) is 6. The average molecular weight is 459 g/mol. The number of rotatable bonds is 5. The molecule has 2 aliphatic rings. The van der Waals surface area contributed by atoms with E-state index in [1.807, 2.05) is 6.08 Å². The van der Waals surface area contributed by atoms with Gasteiger partial charge in [-0.25, -0.2) is 0 Å². The zero-order chi connectivity index (χ0) is 22.9. The minimum absolute atomic E-state index is 0.0958. The van der Waals surface area contributed by atoms with E-state index in [0.717, 1.165) is 43.7 Å². The summed E-state index contributed by atoms with van der Waals surface area (Å²) < 4.78 is 2.13. The molecular weight excluding hydrogens is 428 g/mol. The first-order chi connectivity index (χ1) is 14.7. The molecule has 8 heteroatoms. The van der Waals surface area contributed by atoms with Crippen LogP contribution in [0.1, 0.15) is 56.7 Å². The average Bonchev–Trinajstić information content (AvgIpc) is 2.97. The SMILES string of the molecule is CCCCN1C(=O)/C(=C\c2c(C)c(C#N)c(=O)n(C)c2N2CC(C)CC(C)C2)SC1=S. The molecule has 0 N–H and O–H groups in total. The van der Waals surface area contributed by atoms with Crippen LogP contribution in [0.15, 0.2) is 9.70 Å². The highest BCUT2D eigenvalue weighted by molar-refractivity contribution is 8.26. The monoisotopic (exact) mass is 458 g/mol. The van der Waals surface area contributed by atoms with Gasteiger partial charge in [0.2, 0.25) is 0 Å². The van der Waals surface area contributed by atoms with Crippen molar-refractivity contribution < 1.29 is 4.79 Å². The van der Waals surface area contributed by atoms with E-state index in [0.29, 0.717) is 33.2 Å². The Balaban J connectivity index is 2.15. The number of thiocarbonyl (C=S) groups is 1. The maximum absolute atomic E-state index is 13.0. The highest BCUT2D eigenvalue weighted by Gasteiger charge is 2.33. The number of anilines is 1. The van der Waals surface area contributed by atoms with E-state index in [-0.39, 0.29) is 17.0 Å². The summed E-state index contributed by atoms with van der Waals surface area (Å²) in [7, 11) is 1.71. The molecule has 1 aromatic heterocycles. The first kappa shape index (κ1) is 23.6. The van der Waals surface area contributed by atoms with Crippen molar-refractivity contribution >= 4 is 46.1 Å². The van der Waals surface area contributed by atoms with Gasteiger partial charge in [-0.1, -0.05) is 51.2 Å². The maximum atomic E-state index is 13.0. The molecule has 0 aliphatic carbocycles. The number of thioether (sulfide) groups is 1. The zero-order valence-electron chi connectivity index (χ0n) is 18.9. The van der Waals surface area contributed by atoms with E-state index in [9.17, 15) is 14.9 Å². The summed E-state index contributed by atoms with van der Waals surface area (Å²) in [6, 6.07) is 2.07. The molecule has 0 aromatic carbocycles. The lowest BCUT2D eigenvalue weighted by Gasteiger charge is -2.38. The second-order valence-electron chi connectivity index (χ2n) is 8.75. The van der Waals surface area contributed by atoms with E-state index in [4.69, 9.17) is 12.2 Å². The molecule has 1 amide bonds. The van der Waals surface area contributed by atoms with E-state index in [1.165, 1.54) is 11.8 Å². The van der Waals surface area contributed by atoms with E-state index < -0.39 is 0 Å². The van der Waals surface area contributed by atoms with Gasteiger partial charge in [-0.15, -0.1) is 0 Å². The Morgan fingerprint density at radius 2 is 1.90 bits per heavy atom. The van der Waals surface area contributed by atoms with E-state index in [2.05, 4.69) is 31.7 Å². The molecule has 31 heavy (non-hydrogen) atoms. The van der Waals surface area contributed by atoms with Gasteiger partial charge in [0.15, 0.2) is 0 Å². The number of pyridine rings is 1. The zero-order valence-corrected chi connectivity index (χ0v) is 20.5. The van der Waals surface area contributed by atoms with Gasteiger partial charge in [-0.3, -0.25) is 19.1 Å². The lowest BCUT2D eigenvalue weighted by molar-refractivity contribution is -0.122.